The molecule has 1 unspecified atom stereocenters. The third-order valence-electron chi connectivity index (χ3n) is 3.81. The Labute approximate surface area is 116 Å². The molecule has 0 aliphatic carbocycles. The van der Waals surface area contributed by atoms with E-state index in [2.05, 4.69) is 31.3 Å². The molecular formula is C16H24N2O. The molecule has 0 spiro atoms. The Bertz CT molecular complexity index is 425. The van der Waals surface area contributed by atoms with Crippen LogP contribution in [0, 0.1) is 6.92 Å². The maximum absolute atomic E-state index is 12.5. The summed E-state index contributed by atoms with van der Waals surface area (Å²) in [7, 11) is 0. The molecule has 1 fully saturated rings. The van der Waals surface area contributed by atoms with Crippen molar-refractivity contribution < 1.29 is 4.79 Å². The quantitative estimate of drug-likeness (QED) is 0.899. The molecule has 1 aromatic rings. The fraction of sp³-hybridized carbons (Fsp3) is 0.562. The number of nitrogens with one attached hydrogen (secondary N) is 1. The Morgan fingerprint density at radius 3 is 2.95 bits per heavy atom. The SMILES string of the molecule is CCN(C(=O)Cc1cccc(C)c1)C1CCCNC1. The molecule has 3 nitrogen and oxygen atoms in total. The lowest BCUT2D eigenvalue weighted by atomic mass is 10.0. The molecule has 1 heterocycles. The maximum Gasteiger partial charge on any atom is 0.227 e. The summed E-state index contributed by atoms with van der Waals surface area (Å²) in [4.78, 5) is 14.5. The minimum Gasteiger partial charge on any atom is -0.338 e. The van der Waals surface area contributed by atoms with E-state index < -0.39 is 0 Å². The van der Waals surface area contributed by atoms with Gasteiger partial charge in [0, 0.05) is 19.1 Å². The highest BCUT2D eigenvalue weighted by Gasteiger charge is 2.23. The van der Waals surface area contributed by atoms with Crippen LogP contribution in [0.5, 0.6) is 0 Å². The predicted molar refractivity (Wildman–Crippen MR) is 78.2 cm³/mol. The zero-order chi connectivity index (χ0) is 13.7. The van der Waals surface area contributed by atoms with Crippen LogP contribution in [0.3, 0.4) is 0 Å². The van der Waals surface area contributed by atoms with Crippen LogP contribution in [0.25, 0.3) is 0 Å². The first-order valence-corrected chi connectivity index (χ1v) is 7.26. The molecule has 104 valence electrons. The molecule has 3 heteroatoms. The lowest BCUT2D eigenvalue weighted by Crippen LogP contribution is -2.49. The fourth-order valence-corrected chi connectivity index (χ4v) is 2.84. The molecule has 19 heavy (non-hydrogen) atoms. The first-order chi connectivity index (χ1) is 9.20. The molecule has 1 aliphatic rings. The van der Waals surface area contributed by atoms with Crippen molar-refractivity contribution in [2.45, 2.75) is 39.2 Å². The fourth-order valence-electron chi connectivity index (χ4n) is 2.84. The number of amides is 1. The van der Waals surface area contributed by atoms with Crippen LogP contribution in [0.15, 0.2) is 24.3 Å². The van der Waals surface area contributed by atoms with E-state index in [1.54, 1.807) is 0 Å². The highest BCUT2D eigenvalue weighted by molar-refractivity contribution is 5.79. The number of carbonyl (C=O) groups excluding carboxylic acids is 1. The van der Waals surface area contributed by atoms with E-state index in [0.717, 1.165) is 31.6 Å². The van der Waals surface area contributed by atoms with Crippen molar-refractivity contribution in [1.29, 1.82) is 0 Å². The third kappa shape index (κ3) is 3.80. The van der Waals surface area contributed by atoms with E-state index in [1.807, 2.05) is 17.0 Å². The normalized spacial score (nSPS) is 19.2. The van der Waals surface area contributed by atoms with Crippen molar-refractivity contribution in [2.75, 3.05) is 19.6 Å². The number of carbonyl (C=O) groups is 1. The summed E-state index contributed by atoms with van der Waals surface area (Å²) in [5.74, 6) is 0.252. The largest absolute Gasteiger partial charge is 0.338 e. The topological polar surface area (TPSA) is 32.3 Å². The van der Waals surface area contributed by atoms with Crippen LogP contribution in [0.2, 0.25) is 0 Å². The minimum atomic E-state index is 0.252. The van der Waals surface area contributed by atoms with Gasteiger partial charge in [-0.1, -0.05) is 29.8 Å². The summed E-state index contributed by atoms with van der Waals surface area (Å²) in [6, 6.07) is 8.60. The van der Waals surface area contributed by atoms with E-state index >= 15 is 0 Å². The van der Waals surface area contributed by atoms with Crippen molar-refractivity contribution in [1.82, 2.24) is 10.2 Å². The molecule has 1 saturated heterocycles. The summed E-state index contributed by atoms with van der Waals surface area (Å²) in [5.41, 5.74) is 2.33. The molecule has 1 atom stereocenters. The van der Waals surface area contributed by atoms with Gasteiger partial charge in [0.25, 0.3) is 0 Å². The highest BCUT2D eigenvalue weighted by atomic mass is 16.2. The average molecular weight is 260 g/mol. The molecule has 1 aliphatic heterocycles. The predicted octanol–water partition coefficient (Wildman–Crippen LogP) is 2.14. The number of aryl methyl sites for hydroxylation is 1. The number of likely N-dealkylation sites (N-methyl/N-ethyl adjacent to an activating group) is 1. The monoisotopic (exact) mass is 260 g/mol. The van der Waals surface area contributed by atoms with Crippen LogP contribution >= 0.6 is 0 Å². The summed E-state index contributed by atoms with van der Waals surface area (Å²) in [6.45, 7) is 6.96. The molecule has 0 saturated carbocycles. The number of rotatable bonds is 4. The van der Waals surface area contributed by atoms with E-state index in [4.69, 9.17) is 0 Å². The van der Waals surface area contributed by atoms with E-state index in [0.29, 0.717) is 12.5 Å². The lowest BCUT2D eigenvalue weighted by Gasteiger charge is -2.34. The molecule has 2 rings (SSSR count). The van der Waals surface area contributed by atoms with E-state index in [9.17, 15) is 4.79 Å². The first-order valence-electron chi connectivity index (χ1n) is 7.26. The van der Waals surface area contributed by atoms with Gasteiger partial charge in [-0.25, -0.2) is 0 Å². The standard InChI is InChI=1S/C16H24N2O/c1-3-18(15-8-5-9-17-12-15)16(19)11-14-7-4-6-13(2)10-14/h4,6-7,10,15,17H,3,5,8-9,11-12H2,1-2H3. The smallest absolute Gasteiger partial charge is 0.227 e. The molecule has 0 bridgehead atoms. The number of piperidine rings is 1. The number of hydrogen-bond donors (Lipinski definition) is 1. The zero-order valence-electron chi connectivity index (χ0n) is 12.0. The van der Waals surface area contributed by atoms with E-state index in [1.165, 1.54) is 12.0 Å². The van der Waals surface area contributed by atoms with Gasteiger partial charge < -0.3 is 10.2 Å². The second-order valence-electron chi connectivity index (χ2n) is 5.35. The highest BCUT2D eigenvalue weighted by Crippen LogP contribution is 2.13. The van der Waals surface area contributed by atoms with Gasteiger partial charge in [0.15, 0.2) is 0 Å². The Morgan fingerprint density at radius 1 is 1.47 bits per heavy atom. The van der Waals surface area contributed by atoms with Gasteiger partial charge in [0.2, 0.25) is 5.91 Å². The Hall–Kier alpha value is -1.35. The maximum atomic E-state index is 12.5. The number of nitrogens with zero attached hydrogens (tertiary/aromatic N) is 1. The molecule has 1 N–H and O–H groups in total. The Kier molecular flexibility index (Phi) is 4.97. The first kappa shape index (κ1) is 14.1. The van der Waals surface area contributed by atoms with Crippen LogP contribution in [0.4, 0.5) is 0 Å². The third-order valence-corrected chi connectivity index (χ3v) is 3.81. The average Bonchev–Trinajstić information content (AvgIpc) is 2.41. The summed E-state index contributed by atoms with van der Waals surface area (Å²) < 4.78 is 0. The van der Waals surface area contributed by atoms with Crippen LogP contribution < -0.4 is 5.32 Å². The van der Waals surface area contributed by atoms with Crippen molar-refractivity contribution in [3.63, 3.8) is 0 Å². The van der Waals surface area contributed by atoms with Gasteiger partial charge in [-0.05, 0) is 38.8 Å². The van der Waals surface area contributed by atoms with Crippen LogP contribution in [0.1, 0.15) is 30.9 Å². The summed E-state index contributed by atoms with van der Waals surface area (Å²) >= 11 is 0. The van der Waals surface area contributed by atoms with E-state index in [-0.39, 0.29) is 5.91 Å². The molecule has 0 radical (unpaired) electrons. The van der Waals surface area contributed by atoms with Crippen molar-refractivity contribution >= 4 is 5.91 Å². The summed E-state index contributed by atoms with van der Waals surface area (Å²) in [6.07, 6.45) is 2.81. The molecule has 1 aromatic carbocycles. The molecule has 0 aromatic heterocycles. The molecular weight excluding hydrogens is 236 g/mol. The van der Waals surface area contributed by atoms with Gasteiger partial charge in [-0.2, -0.15) is 0 Å². The van der Waals surface area contributed by atoms with Gasteiger partial charge in [0.05, 0.1) is 6.42 Å². The number of benzene rings is 1. The van der Waals surface area contributed by atoms with Gasteiger partial charge in [0.1, 0.15) is 0 Å². The summed E-state index contributed by atoms with van der Waals surface area (Å²) in [5, 5.41) is 3.38. The number of hydrogen-bond acceptors (Lipinski definition) is 2. The second kappa shape index (κ2) is 6.71. The van der Waals surface area contributed by atoms with Crippen LogP contribution in [-0.2, 0) is 11.2 Å². The van der Waals surface area contributed by atoms with Gasteiger partial charge in [-0.3, -0.25) is 4.79 Å². The zero-order valence-corrected chi connectivity index (χ0v) is 12.0. The second-order valence-corrected chi connectivity index (χ2v) is 5.35. The minimum absolute atomic E-state index is 0.252. The van der Waals surface area contributed by atoms with Crippen LogP contribution in [-0.4, -0.2) is 36.5 Å². The Balaban J connectivity index is 2.00. The lowest BCUT2D eigenvalue weighted by molar-refractivity contribution is -0.132. The van der Waals surface area contributed by atoms with Gasteiger partial charge >= 0.3 is 0 Å². The van der Waals surface area contributed by atoms with Crippen molar-refractivity contribution in [2.24, 2.45) is 0 Å². The van der Waals surface area contributed by atoms with Crippen molar-refractivity contribution in [3.05, 3.63) is 35.4 Å². The van der Waals surface area contributed by atoms with Gasteiger partial charge in [-0.15, -0.1) is 0 Å². The Morgan fingerprint density at radius 2 is 2.32 bits per heavy atom. The molecule has 1 amide bonds. The van der Waals surface area contributed by atoms with Crippen molar-refractivity contribution in [3.8, 4) is 0 Å².